The Kier molecular flexibility index (Phi) is 5.46. The van der Waals surface area contributed by atoms with Crippen molar-refractivity contribution in [3.8, 4) is 11.8 Å². The van der Waals surface area contributed by atoms with Gasteiger partial charge in [0.15, 0.2) is 0 Å². The molecule has 2 aliphatic rings. The summed E-state index contributed by atoms with van der Waals surface area (Å²) in [6, 6.07) is 6.39. The number of fused-ring (bicyclic) bond motifs is 2. The average molecular weight is 497 g/mol. The van der Waals surface area contributed by atoms with Crippen LogP contribution < -0.4 is 19.7 Å². The fourth-order valence-electron chi connectivity index (χ4n) is 4.62. The highest BCUT2D eigenvalue weighted by Crippen LogP contribution is 2.55. The first kappa shape index (κ1) is 23.4. The van der Waals surface area contributed by atoms with E-state index >= 15 is 8.78 Å². The normalized spacial score (nSPS) is 15.5. The van der Waals surface area contributed by atoms with Crippen LogP contribution in [-0.4, -0.2) is 35.0 Å². The molecule has 1 N–H and O–H groups in total. The lowest BCUT2D eigenvalue weighted by Crippen LogP contribution is -2.45. The predicted molar refractivity (Wildman–Crippen MR) is 125 cm³/mol. The fraction of sp³-hybridized carbons (Fsp3) is 0.292. The van der Waals surface area contributed by atoms with Gasteiger partial charge in [-0.1, -0.05) is 12.1 Å². The Labute approximate surface area is 204 Å². The summed E-state index contributed by atoms with van der Waals surface area (Å²) in [6.45, 7) is 1.59. The van der Waals surface area contributed by atoms with Crippen molar-refractivity contribution >= 4 is 28.8 Å². The summed E-state index contributed by atoms with van der Waals surface area (Å²) in [5, 5.41) is 14.5. The molecule has 186 valence electrons. The molecule has 1 fully saturated rings. The van der Waals surface area contributed by atoms with E-state index in [9.17, 15) is 14.9 Å². The van der Waals surface area contributed by atoms with Crippen molar-refractivity contribution in [2.45, 2.75) is 31.7 Å². The first-order chi connectivity index (χ1) is 17.2. The molecular weight excluding hydrogens is 476 g/mol. The van der Waals surface area contributed by atoms with Crippen molar-refractivity contribution in [1.82, 2.24) is 9.97 Å². The molecule has 0 radical (unpaired) electrons. The lowest BCUT2D eigenvalue weighted by molar-refractivity contribution is -0.384. The van der Waals surface area contributed by atoms with Gasteiger partial charge in [0.2, 0.25) is 17.5 Å². The molecule has 3 heterocycles. The molecule has 1 aromatic carbocycles. The number of nitrogens with one attached hydrogen (secondary N) is 1. The number of nitro groups is 1. The molecule has 12 heteroatoms. The van der Waals surface area contributed by atoms with Gasteiger partial charge in [0.1, 0.15) is 17.2 Å². The van der Waals surface area contributed by atoms with Gasteiger partial charge in [0, 0.05) is 12.3 Å². The van der Waals surface area contributed by atoms with Gasteiger partial charge in [0.05, 0.1) is 31.1 Å². The van der Waals surface area contributed by atoms with E-state index in [1.807, 2.05) is 0 Å². The number of amides is 1. The van der Waals surface area contributed by atoms with E-state index in [1.54, 1.807) is 25.1 Å². The molecule has 1 aliphatic heterocycles. The zero-order chi connectivity index (χ0) is 25.8. The van der Waals surface area contributed by atoms with Gasteiger partial charge in [0.25, 0.3) is 17.4 Å². The van der Waals surface area contributed by atoms with Crippen LogP contribution in [0.2, 0.25) is 0 Å². The molecule has 2 aromatic heterocycles. The Bertz CT molecular complexity index is 1400. The molecule has 0 saturated heterocycles. The molecule has 1 spiro atoms. The second kappa shape index (κ2) is 8.40. The molecule has 3 aromatic rings. The number of carbonyl (C=O) groups is 1. The Morgan fingerprint density at radius 3 is 2.42 bits per heavy atom. The molecule has 1 saturated carbocycles. The SMILES string of the molecule is COc1nc(OC)c(F)c(N2Cc3cnc(Nc4c(C)cccc4[N+](=O)[O-])cc3C3(CC3)C2=O)c1F. The van der Waals surface area contributed by atoms with E-state index in [2.05, 4.69) is 15.3 Å². The number of rotatable bonds is 6. The molecule has 1 aliphatic carbocycles. The zero-order valence-electron chi connectivity index (χ0n) is 19.6. The smallest absolute Gasteiger partial charge is 0.292 e. The zero-order valence-corrected chi connectivity index (χ0v) is 19.6. The van der Waals surface area contributed by atoms with E-state index in [0.29, 0.717) is 41.0 Å². The first-order valence-electron chi connectivity index (χ1n) is 11.0. The number of nitro benzene ring substituents is 1. The van der Waals surface area contributed by atoms with E-state index in [-0.39, 0.29) is 12.2 Å². The third-order valence-electron chi connectivity index (χ3n) is 6.59. The number of nitrogens with zero attached hydrogens (tertiary/aromatic N) is 4. The Morgan fingerprint density at radius 2 is 1.83 bits per heavy atom. The summed E-state index contributed by atoms with van der Waals surface area (Å²) < 4.78 is 40.1. The quantitative estimate of drug-likeness (QED) is 0.395. The summed E-state index contributed by atoms with van der Waals surface area (Å²) in [5.74, 6) is -3.36. The number of aromatic nitrogens is 2. The molecule has 1 amide bonds. The third kappa shape index (κ3) is 3.48. The summed E-state index contributed by atoms with van der Waals surface area (Å²) in [4.78, 5) is 33.7. The van der Waals surface area contributed by atoms with Crippen LogP contribution in [0.4, 0.5) is 31.7 Å². The van der Waals surface area contributed by atoms with Crippen molar-refractivity contribution in [2.24, 2.45) is 0 Å². The standard InChI is InChI=1S/C24H21F2N5O5/c1-12-5-4-6-15(31(33)34)19(12)28-16-9-14-13(10-27-16)11-30(23(32)24(14)7-8-24)20-17(25)21(35-2)29-22(36-3)18(20)26/h4-6,9-10H,7-8,11H2,1-3H3,(H,27,28). The summed E-state index contributed by atoms with van der Waals surface area (Å²) in [5.41, 5.74) is 0.537. The van der Waals surface area contributed by atoms with Gasteiger partial charge < -0.3 is 19.7 Å². The first-order valence-corrected chi connectivity index (χ1v) is 11.0. The maximum Gasteiger partial charge on any atom is 0.292 e. The highest BCUT2D eigenvalue weighted by atomic mass is 19.1. The van der Waals surface area contributed by atoms with Crippen LogP contribution in [0, 0.1) is 28.7 Å². The molecule has 10 nitrogen and oxygen atoms in total. The number of anilines is 3. The van der Waals surface area contributed by atoms with Gasteiger partial charge in [-0.3, -0.25) is 14.9 Å². The minimum Gasteiger partial charge on any atom is -0.479 e. The summed E-state index contributed by atoms with van der Waals surface area (Å²) in [7, 11) is 2.36. The highest BCUT2D eigenvalue weighted by molar-refractivity contribution is 6.05. The number of halogens is 2. The highest BCUT2D eigenvalue weighted by Gasteiger charge is 2.57. The van der Waals surface area contributed by atoms with E-state index < -0.39 is 45.3 Å². The lowest BCUT2D eigenvalue weighted by atomic mass is 9.86. The molecule has 0 unspecified atom stereocenters. The number of pyridine rings is 2. The Hall–Kier alpha value is -4.35. The molecule has 0 atom stereocenters. The second-order valence-corrected chi connectivity index (χ2v) is 8.66. The van der Waals surface area contributed by atoms with E-state index in [1.165, 1.54) is 26.5 Å². The topological polar surface area (TPSA) is 120 Å². The maximum atomic E-state index is 15.1. The summed E-state index contributed by atoms with van der Waals surface area (Å²) in [6.07, 6.45) is 2.46. The number of carbonyl (C=O) groups excluding carboxylic acids is 1. The number of para-hydroxylation sites is 1. The number of aryl methyl sites for hydroxylation is 1. The van der Waals surface area contributed by atoms with Gasteiger partial charge in [-0.2, -0.15) is 13.8 Å². The molecule has 0 bridgehead atoms. The van der Waals surface area contributed by atoms with Crippen LogP contribution in [0.1, 0.15) is 29.5 Å². The maximum absolute atomic E-state index is 15.1. The minimum atomic E-state index is -1.11. The Morgan fingerprint density at radius 1 is 1.17 bits per heavy atom. The number of hydrogen-bond donors (Lipinski definition) is 1. The number of hydrogen-bond acceptors (Lipinski definition) is 8. The van der Waals surface area contributed by atoms with Crippen LogP contribution in [0.25, 0.3) is 0 Å². The molecule has 36 heavy (non-hydrogen) atoms. The number of benzene rings is 1. The monoisotopic (exact) mass is 497 g/mol. The van der Waals surface area contributed by atoms with Gasteiger partial charge in [-0.05, 0) is 42.5 Å². The number of methoxy groups -OCH3 is 2. The van der Waals surface area contributed by atoms with Crippen molar-refractivity contribution in [1.29, 1.82) is 0 Å². The van der Waals surface area contributed by atoms with Crippen LogP contribution in [0.15, 0.2) is 30.5 Å². The third-order valence-corrected chi connectivity index (χ3v) is 6.59. The van der Waals surface area contributed by atoms with Crippen LogP contribution >= 0.6 is 0 Å². The largest absolute Gasteiger partial charge is 0.479 e. The van der Waals surface area contributed by atoms with Crippen LogP contribution in [0.5, 0.6) is 11.8 Å². The van der Waals surface area contributed by atoms with Gasteiger partial charge >= 0.3 is 0 Å². The van der Waals surface area contributed by atoms with Crippen molar-refractivity contribution in [2.75, 3.05) is 24.4 Å². The van der Waals surface area contributed by atoms with Crippen molar-refractivity contribution < 1.29 is 28.0 Å². The lowest BCUT2D eigenvalue weighted by Gasteiger charge is -2.35. The minimum absolute atomic E-state index is 0.107. The van der Waals surface area contributed by atoms with Gasteiger partial charge in [-0.25, -0.2) is 4.98 Å². The average Bonchev–Trinajstić information content (AvgIpc) is 3.66. The second-order valence-electron chi connectivity index (χ2n) is 8.66. The molecular formula is C24H21F2N5O5. The molecule has 5 rings (SSSR count). The Balaban J connectivity index is 1.57. The van der Waals surface area contributed by atoms with Crippen molar-refractivity contribution in [3.63, 3.8) is 0 Å². The predicted octanol–water partition coefficient (Wildman–Crippen LogP) is 4.31. The van der Waals surface area contributed by atoms with Crippen molar-refractivity contribution in [3.05, 3.63) is 68.9 Å². The van der Waals surface area contributed by atoms with E-state index in [0.717, 1.165) is 4.90 Å². The van der Waals surface area contributed by atoms with Gasteiger partial charge in [-0.15, -0.1) is 0 Å². The summed E-state index contributed by atoms with van der Waals surface area (Å²) >= 11 is 0. The van der Waals surface area contributed by atoms with Crippen LogP contribution in [-0.2, 0) is 16.8 Å². The van der Waals surface area contributed by atoms with Crippen LogP contribution in [0.3, 0.4) is 0 Å². The van der Waals surface area contributed by atoms with E-state index in [4.69, 9.17) is 9.47 Å². The number of ether oxygens (including phenoxy) is 2. The fourth-order valence-corrected chi connectivity index (χ4v) is 4.62.